The van der Waals surface area contributed by atoms with E-state index in [1.54, 1.807) is 6.20 Å². The molecule has 27 heavy (non-hydrogen) atoms. The molecule has 0 saturated heterocycles. The zero-order valence-electron chi connectivity index (χ0n) is 15.2. The van der Waals surface area contributed by atoms with E-state index in [2.05, 4.69) is 20.3 Å². The fraction of sp³-hybridized carbons (Fsp3) is 0.190. The van der Waals surface area contributed by atoms with Crippen molar-refractivity contribution >= 4 is 33.5 Å². The summed E-state index contributed by atoms with van der Waals surface area (Å²) in [5, 5.41) is 3.88. The highest BCUT2D eigenvalue weighted by atomic mass is 16.5. The highest BCUT2D eigenvalue weighted by Gasteiger charge is 2.09. The lowest BCUT2D eigenvalue weighted by molar-refractivity contribution is -0.121. The fourth-order valence-corrected chi connectivity index (χ4v) is 3.11. The molecule has 0 fully saturated rings. The normalized spacial score (nSPS) is 11.2. The first-order valence-corrected chi connectivity index (χ1v) is 8.77. The van der Waals surface area contributed by atoms with E-state index >= 15 is 0 Å². The maximum Gasteiger partial charge on any atom is 0.250 e. The molecule has 0 unspecified atom stereocenters. The van der Waals surface area contributed by atoms with E-state index in [4.69, 9.17) is 4.74 Å². The average Bonchev–Trinajstić information content (AvgIpc) is 3.03. The van der Waals surface area contributed by atoms with Crippen LogP contribution in [0.5, 0.6) is 0 Å². The first kappa shape index (κ1) is 17.2. The van der Waals surface area contributed by atoms with Crippen LogP contribution in [0, 0.1) is 13.8 Å². The topological polar surface area (TPSA) is 79.9 Å². The van der Waals surface area contributed by atoms with Crippen molar-refractivity contribution in [2.45, 2.75) is 20.5 Å². The monoisotopic (exact) mass is 360 g/mol. The minimum absolute atomic E-state index is 0.0572. The van der Waals surface area contributed by atoms with Crippen molar-refractivity contribution in [1.29, 1.82) is 0 Å². The number of imidazole rings is 1. The summed E-state index contributed by atoms with van der Waals surface area (Å²) >= 11 is 0. The van der Waals surface area contributed by atoms with Gasteiger partial charge in [-0.25, -0.2) is 4.98 Å². The maximum absolute atomic E-state index is 12.3. The van der Waals surface area contributed by atoms with E-state index in [1.165, 1.54) is 0 Å². The molecule has 0 aliphatic heterocycles. The summed E-state index contributed by atoms with van der Waals surface area (Å²) in [4.78, 5) is 24.3. The summed E-state index contributed by atoms with van der Waals surface area (Å²) in [6.45, 7) is 4.21. The highest BCUT2D eigenvalue weighted by Crippen LogP contribution is 2.23. The molecule has 0 atom stereocenters. The minimum Gasteiger partial charge on any atom is -0.364 e. The molecule has 2 heterocycles. The molecule has 1 amide bonds. The number of anilines is 1. The Balaban J connectivity index is 1.40. The molecule has 0 radical (unpaired) electrons. The number of rotatable bonds is 5. The summed E-state index contributed by atoms with van der Waals surface area (Å²) in [6.07, 6.45) is 1.72. The molecule has 4 aromatic rings. The Morgan fingerprint density at radius 2 is 2.04 bits per heavy atom. The molecular formula is C21H20N4O2. The van der Waals surface area contributed by atoms with Gasteiger partial charge in [-0.1, -0.05) is 12.1 Å². The summed E-state index contributed by atoms with van der Waals surface area (Å²) in [6, 6.07) is 13.8. The first-order chi connectivity index (χ1) is 13.1. The number of amides is 1. The molecule has 4 rings (SSSR count). The van der Waals surface area contributed by atoms with Crippen LogP contribution in [0.3, 0.4) is 0 Å². The van der Waals surface area contributed by atoms with Gasteiger partial charge in [0.25, 0.3) is 0 Å². The Labute approximate surface area is 156 Å². The van der Waals surface area contributed by atoms with Gasteiger partial charge >= 0.3 is 0 Å². The van der Waals surface area contributed by atoms with E-state index in [9.17, 15) is 4.79 Å². The lowest BCUT2D eigenvalue weighted by atomic mass is 10.1. The number of H-pyrrole nitrogens is 1. The summed E-state index contributed by atoms with van der Waals surface area (Å²) in [5.41, 5.74) is 5.54. The smallest absolute Gasteiger partial charge is 0.250 e. The zero-order valence-corrected chi connectivity index (χ0v) is 15.2. The van der Waals surface area contributed by atoms with Crippen LogP contribution in [0.25, 0.3) is 21.9 Å². The second-order valence-electron chi connectivity index (χ2n) is 6.63. The van der Waals surface area contributed by atoms with Crippen LogP contribution in [0.1, 0.15) is 17.0 Å². The Hall–Kier alpha value is -3.25. The molecule has 2 N–H and O–H groups in total. The summed E-state index contributed by atoms with van der Waals surface area (Å²) < 4.78 is 5.53. The Bertz CT molecular complexity index is 1130. The number of nitrogens with one attached hydrogen (secondary N) is 2. The number of hydrogen-bond acceptors (Lipinski definition) is 4. The van der Waals surface area contributed by atoms with Crippen LogP contribution in [0.2, 0.25) is 0 Å². The maximum atomic E-state index is 12.3. The number of aromatic nitrogens is 3. The van der Waals surface area contributed by atoms with Gasteiger partial charge in [-0.05, 0) is 55.3 Å². The predicted octanol–water partition coefficient (Wildman–Crippen LogP) is 3.88. The van der Waals surface area contributed by atoms with Crippen molar-refractivity contribution in [3.8, 4) is 0 Å². The number of nitrogens with zero attached hydrogens (tertiary/aromatic N) is 2. The minimum atomic E-state index is -0.223. The second-order valence-corrected chi connectivity index (χ2v) is 6.63. The Kier molecular flexibility index (Phi) is 4.56. The number of carbonyl (C=O) groups excluding carboxylic acids is 1. The highest BCUT2D eigenvalue weighted by molar-refractivity contribution is 6.01. The standard InChI is InChI=1S/C21H20N4O2/c1-13-5-6-16-17(9-13)24-19(23-16)11-27-12-20(26)25-18-10-14(2)8-15-4-3-7-22-21(15)18/h3-10H,11-12H2,1-2H3,(H,23,24)(H,25,26). The molecule has 6 heteroatoms. The molecule has 0 saturated carbocycles. The van der Waals surface area contributed by atoms with Gasteiger partial charge in [0.1, 0.15) is 19.0 Å². The van der Waals surface area contributed by atoms with Crippen molar-refractivity contribution in [2.75, 3.05) is 11.9 Å². The Morgan fingerprint density at radius 3 is 2.93 bits per heavy atom. The van der Waals surface area contributed by atoms with Crippen molar-refractivity contribution in [2.24, 2.45) is 0 Å². The second kappa shape index (κ2) is 7.17. The van der Waals surface area contributed by atoms with Gasteiger partial charge in [0.2, 0.25) is 5.91 Å². The van der Waals surface area contributed by atoms with E-state index in [-0.39, 0.29) is 19.1 Å². The zero-order chi connectivity index (χ0) is 18.8. The lowest BCUT2D eigenvalue weighted by Gasteiger charge is -2.09. The number of aryl methyl sites for hydroxylation is 2. The van der Waals surface area contributed by atoms with E-state index < -0.39 is 0 Å². The van der Waals surface area contributed by atoms with Gasteiger partial charge in [0, 0.05) is 11.6 Å². The van der Waals surface area contributed by atoms with Crippen molar-refractivity contribution in [1.82, 2.24) is 15.0 Å². The average molecular weight is 360 g/mol. The van der Waals surface area contributed by atoms with Gasteiger partial charge in [0.15, 0.2) is 0 Å². The van der Waals surface area contributed by atoms with Crippen LogP contribution in [0.15, 0.2) is 48.7 Å². The quantitative estimate of drug-likeness (QED) is 0.566. The first-order valence-electron chi connectivity index (χ1n) is 8.77. The van der Waals surface area contributed by atoms with Gasteiger partial charge in [-0.2, -0.15) is 0 Å². The van der Waals surface area contributed by atoms with Crippen molar-refractivity contribution in [3.05, 3.63) is 65.6 Å². The number of fused-ring (bicyclic) bond motifs is 2. The third kappa shape index (κ3) is 3.80. The summed E-state index contributed by atoms with van der Waals surface area (Å²) in [7, 11) is 0. The molecule has 0 aliphatic carbocycles. The Morgan fingerprint density at radius 1 is 1.15 bits per heavy atom. The van der Waals surface area contributed by atoms with E-state index in [0.717, 1.165) is 33.1 Å². The number of carbonyl (C=O) groups is 1. The molecule has 0 aliphatic rings. The number of hydrogen-bond donors (Lipinski definition) is 2. The van der Waals surface area contributed by atoms with Crippen LogP contribution in [0.4, 0.5) is 5.69 Å². The van der Waals surface area contributed by atoms with Crippen LogP contribution >= 0.6 is 0 Å². The van der Waals surface area contributed by atoms with Crippen LogP contribution < -0.4 is 5.32 Å². The van der Waals surface area contributed by atoms with Crippen molar-refractivity contribution < 1.29 is 9.53 Å². The lowest BCUT2D eigenvalue weighted by Crippen LogP contribution is -2.18. The molecular weight excluding hydrogens is 340 g/mol. The molecule has 2 aromatic heterocycles. The third-order valence-electron chi connectivity index (χ3n) is 4.28. The molecule has 2 aromatic carbocycles. The number of benzene rings is 2. The van der Waals surface area contributed by atoms with Gasteiger partial charge < -0.3 is 15.0 Å². The third-order valence-corrected chi connectivity index (χ3v) is 4.28. The molecule has 0 spiro atoms. The number of pyridine rings is 1. The largest absolute Gasteiger partial charge is 0.364 e. The van der Waals surface area contributed by atoms with Gasteiger partial charge in [-0.3, -0.25) is 9.78 Å². The number of aromatic amines is 1. The molecule has 6 nitrogen and oxygen atoms in total. The van der Waals surface area contributed by atoms with E-state index in [0.29, 0.717) is 11.5 Å². The van der Waals surface area contributed by atoms with E-state index in [1.807, 2.05) is 56.3 Å². The van der Waals surface area contributed by atoms with Gasteiger partial charge in [-0.15, -0.1) is 0 Å². The van der Waals surface area contributed by atoms with Crippen molar-refractivity contribution in [3.63, 3.8) is 0 Å². The molecule has 136 valence electrons. The van der Waals surface area contributed by atoms with Crippen LogP contribution in [-0.2, 0) is 16.1 Å². The predicted molar refractivity (Wildman–Crippen MR) is 106 cm³/mol. The SMILES string of the molecule is Cc1cc(NC(=O)COCc2nc3ccc(C)cc3[nH]2)c2ncccc2c1. The van der Waals surface area contributed by atoms with Gasteiger partial charge in [0.05, 0.1) is 22.2 Å². The van der Waals surface area contributed by atoms with Crippen LogP contribution in [-0.4, -0.2) is 27.5 Å². The molecule has 0 bridgehead atoms. The number of ether oxygens (including phenoxy) is 1. The fourth-order valence-electron chi connectivity index (χ4n) is 3.11. The summed E-state index contributed by atoms with van der Waals surface area (Å²) in [5.74, 6) is 0.477.